The molecule has 0 aliphatic carbocycles. The molecule has 0 aliphatic heterocycles. The van der Waals surface area contributed by atoms with Gasteiger partial charge in [-0.3, -0.25) is 4.79 Å². The molecule has 0 saturated heterocycles. The minimum absolute atomic E-state index is 0.142. The number of hydrogen-bond acceptors (Lipinski definition) is 3. The molecule has 112 valence electrons. The predicted molar refractivity (Wildman–Crippen MR) is 89.9 cm³/mol. The van der Waals surface area contributed by atoms with Crippen LogP contribution in [0.2, 0.25) is 0 Å². The van der Waals surface area contributed by atoms with E-state index in [9.17, 15) is 9.90 Å². The molecule has 0 radical (unpaired) electrons. The number of nitrogens with one attached hydrogen (secondary N) is 1. The van der Waals surface area contributed by atoms with Crippen molar-refractivity contribution in [2.75, 3.05) is 18.6 Å². The Hall–Kier alpha value is -1.52. The van der Waals surface area contributed by atoms with Crippen molar-refractivity contribution < 1.29 is 9.90 Å². The van der Waals surface area contributed by atoms with E-state index in [-0.39, 0.29) is 12.5 Å². The van der Waals surface area contributed by atoms with Gasteiger partial charge in [0.1, 0.15) is 0 Å². The minimum Gasteiger partial charge on any atom is -0.388 e. The standard InChI is InChI=1S/C17H21NO2S/c1-17(20,10-11-21-2)12-18-16(19)15-9-5-7-13-6-3-4-8-14(13)15/h3-9,20H,10-12H2,1-2H3,(H,18,19)/t17-/m0/s1. The highest BCUT2D eigenvalue weighted by molar-refractivity contribution is 7.98. The average Bonchev–Trinajstić information content (AvgIpc) is 2.50. The molecule has 1 amide bonds. The fourth-order valence-corrected chi connectivity index (χ4v) is 2.84. The van der Waals surface area contributed by atoms with Crippen molar-refractivity contribution in [1.29, 1.82) is 0 Å². The van der Waals surface area contributed by atoms with Gasteiger partial charge in [0.2, 0.25) is 0 Å². The van der Waals surface area contributed by atoms with Gasteiger partial charge >= 0.3 is 0 Å². The molecule has 0 unspecified atom stereocenters. The van der Waals surface area contributed by atoms with Crippen molar-refractivity contribution >= 4 is 28.4 Å². The Labute approximate surface area is 129 Å². The summed E-state index contributed by atoms with van der Waals surface area (Å²) in [6, 6.07) is 13.5. The van der Waals surface area contributed by atoms with Crippen molar-refractivity contribution in [1.82, 2.24) is 5.32 Å². The highest BCUT2D eigenvalue weighted by atomic mass is 32.2. The van der Waals surface area contributed by atoms with Crippen LogP contribution in [-0.2, 0) is 0 Å². The Morgan fingerprint density at radius 2 is 1.95 bits per heavy atom. The van der Waals surface area contributed by atoms with Crippen LogP contribution in [0.4, 0.5) is 0 Å². The van der Waals surface area contributed by atoms with Crippen molar-refractivity contribution in [2.45, 2.75) is 18.9 Å². The first-order chi connectivity index (χ1) is 10.0. The van der Waals surface area contributed by atoms with E-state index in [1.807, 2.05) is 48.7 Å². The summed E-state index contributed by atoms with van der Waals surface area (Å²) in [5.41, 5.74) is -0.225. The molecule has 0 bridgehead atoms. The van der Waals surface area contributed by atoms with Gasteiger partial charge in [-0.05, 0) is 42.2 Å². The molecular formula is C17H21NO2S. The third-order valence-electron chi connectivity index (χ3n) is 3.51. The summed E-state index contributed by atoms with van der Waals surface area (Å²) in [5, 5.41) is 15.0. The molecule has 4 heteroatoms. The number of carbonyl (C=O) groups excluding carboxylic acids is 1. The first kappa shape index (κ1) is 15.9. The lowest BCUT2D eigenvalue weighted by molar-refractivity contribution is 0.0529. The van der Waals surface area contributed by atoms with Gasteiger partial charge in [0.15, 0.2) is 0 Å². The molecular weight excluding hydrogens is 282 g/mol. The summed E-state index contributed by atoms with van der Waals surface area (Å²) >= 11 is 1.69. The number of benzene rings is 2. The summed E-state index contributed by atoms with van der Waals surface area (Å²) in [6.07, 6.45) is 2.66. The zero-order valence-electron chi connectivity index (χ0n) is 12.4. The molecule has 0 saturated carbocycles. The quantitative estimate of drug-likeness (QED) is 0.862. The maximum absolute atomic E-state index is 12.4. The van der Waals surface area contributed by atoms with Crippen LogP contribution in [-0.4, -0.2) is 35.2 Å². The molecule has 0 aliphatic rings. The summed E-state index contributed by atoms with van der Waals surface area (Å²) in [5.74, 6) is 0.730. The van der Waals surface area contributed by atoms with E-state index in [1.54, 1.807) is 18.7 Å². The zero-order chi connectivity index (χ0) is 15.3. The number of carbonyl (C=O) groups is 1. The molecule has 0 spiro atoms. The predicted octanol–water partition coefficient (Wildman–Crippen LogP) is 3.07. The van der Waals surface area contributed by atoms with Gasteiger partial charge in [-0.1, -0.05) is 36.4 Å². The van der Waals surface area contributed by atoms with Crippen LogP contribution in [0.15, 0.2) is 42.5 Å². The Morgan fingerprint density at radius 3 is 2.71 bits per heavy atom. The molecule has 1 atom stereocenters. The van der Waals surface area contributed by atoms with Gasteiger partial charge in [-0.2, -0.15) is 11.8 Å². The second kappa shape index (κ2) is 6.96. The van der Waals surface area contributed by atoms with Crippen molar-refractivity contribution in [3.8, 4) is 0 Å². The normalized spacial score (nSPS) is 13.9. The fourth-order valence-electron chi connectivity index (χ4n) is 2.20. The van der Waals surface area contributed by atoms with Gasteiger partial charge in [0.05, 0.1) is 5.60 Å². The summed E-state index contributed by atoms with van der Waals surface area (Å²) in [6.45, 7) is 2.02. The van der Waals surface area contributed by atoms with Crippen LogP contribution in [0.25, 0.3) is 10.8 Å². The highest BCUT2D eigenvalue weighted by Gasteiger charge is 2.21. The van der Waals surface area contributed by atoms with E-state index in [0.29, 0.717) is 12.0 Å². The van der Waals surface area contributed by atoms with E-state index < -0.39 is 5.60 Å². The maximum atomic E-state index is 12.4. The first-order valence-corrected chi connectivity index (χ1v) is 8.40. The second-order valence-corrected chi connectivity index (χ2v) is 6.43. The highest BCUT2D eigenvalue weighted by Crippen LogP contribution is 2.19. The van der Waals surface area contributed by atoms with Crippen LogP contribution in [0, 0.1) is 0 Å². The molecule has 2 N–H and O–H groups in total. The van der Waals surface area contributed by atoms with Crippen LogP contribution in [0.5, 0.6) is 0 Å². The number of aliphatic hydroxyl groups is 1. The zero-order valence-corrected chi connectivity index (χ0v) is 13.2. The van der Waals surface area contributed by atoms with E-state index in [4.69, 9.17) is 0 Å². The largest absolute Gasteiger partial charge is 0.388 e. The lowest BCUT2D eigenvalue weighted by atomic mass is 10.0. The van der Waals surface area contributed by atoms with E-state index in [1.165, 1.54) is 0 Å². The van der Waals surface area contributed by atoms with Gasteiger partial charge in [0, 0.05) is 12.1 Å². The van der Waals surface area contributed by atoms with Crippen LogP contribution in [0.1, 0.15) is 23.7 Å². The third kappa shape index (κ3) is 4.22. The van der Waals surface area contributed by atoms with E-state index in [0.717, 1.165) is 16.5 Å². The van der Waals surface area contributed by atoms with Crippen molar-refractivity contribution in [2.24, 2.45) is 0 Å². The van der Waals surface area contributed by atoms with Crippen LogP contribution >= 0.6 is 11.8 Å². The molecule has 0 heterocycles. The fraction of sp³-hybridized carbons (Fsp3) is 0.353. The van der Waals surface area contributed by atoms with Crippen LogP contribution in [0.3, 0.4) is 0 Å². The summed E-state index contributed by atoms with van der Waals surface area (Å²) in [7, 11) is 0. The lowest BCUT2D eigenvalue weighted by Gasteiger charge is -2.23. The lowest BCUT2D eigenvalue weighted by Crippen LogP contribution is -2.41. The number of rotatable bonds is 6. The molecule has 2 aromatic carbocycles. The second-order valence-electron chi connectivity index (χ2n) is 5.45. The molecule has 2 aromatic rings. The minimum atomic E-state index is -0.872. The third-order valence-corrected chi connectivity index (χ3v) is 4.12. The topological polar surface area (TPSA) is 49.3 Å². The Bertz CT molecular complexity index is 620. The first-order valence-electron chi connectivity index (χ1n) is 7.01. The number of fused-ring (bicyclic) bond motifs is 1. The molecule has 0 fully saturated rings. The summed E-state index contributed by atoms with van der Waals surface area (Å²) in [4.78, 5) is 12.4. The molecule has 3 nitrogen and oxygen atoms in total. The number of hydrogen-bond donors (Lipinski definition) is 2. The van der Waals surface area contributed by atoms with Gasteiger partial charge in [-0.25, -0.2) is 0 Å². The van der Waals surface area contributed by atoms with E-state index in [2.05, 4.69) is 5.32 Å². The Balaban J connectivity index is 2.09. The van der Waals surface area contributed by atoms with Gasteiger partial charge in [-0.15, -0.1) is 0 Å². The van der Waals surface area contributed by atoms with Crippen LogP contribution < -0.4 is 5.32 Å². The van der Waals surface area contributed by atoms with Crippen molar-refractivity contribution in [3.05, 3.63) is 48.0 Å². The number of thioether (sulfide) groups is 1. The van der Waals surface area contributed by atoms with Gasteiger partial charge in [0.25, 0.3) is 5.91 Å². The van der Waals surface area contributed by atoms with Gasteiger partial charge < -0.3 is 10.4 Å². The monoisotopic (exact) mass is 303 g/mol. The average molecular weight is 303 g/mol. The Kier molecular flexibility index (Phi) is 5.26. The Morgan fingerprint density at radius 1 is 1.24 bits per heavy atom. The molecule has 21 heavy (non-hydrogen) atoms. The summed E-state index contributed by atoms with van der Waals surface area (Å²) < 4.78 is 0. The number of amides is 1. The SMILES string of the molecule is CSCC[C@](C)(O)CNC(=O)c1cccc2ccccc12. The smallest absolute Gasteiger partial charge is 0.252 e. The molecule has 0 aromatic heterocycles. The van der Waals surface area contributed by atoms with E-state index >= 15 is 0 Å². The molecule has 2 rings (SSSR count). The maximum Gasteiger partial charge on any atom is 0.252 e. The van der Waals surface area contributed by atoms with Crippen molar-refractivity contribution in [3.63, 3.8) is 0 Å².